The zero-order valence-corrected chi connectivity index (χ0v) is 12.3. The molecule has 1 aliphatic carbocycles. The number of carbonyl (C=O) groups excluding carboxylic acids is 3. The van der Waals surface area contributed by atoms with E-state index in [1.54, 1.807) is 19.1 Å². The molecule has 0 radical (unpaired) electrons. The SMILES string of the molecule is Cc1cc(C(=O)Cl)cc(N2C(=O)C3C=CCCC3C2=O)c1. The van der Waals surface area contributed by atoms with Gasteiger partial charge in [0.15, 0.2) is 0 Å². The Hall–Kier alpha value is -1.94. The van der Waals surface area contributed by atoms with Gasteiger partial charge in [-0.3, -0.25) is 14.4 Å². The van der Waals surface area contributed by atoms with Gasteiger partial charge < -0.3 is 0 Å². The molecule has 0 spiro atoms. The molecule has 21 heavy (non-hydrogen) atoms. The number of fused-ring (bicyclic) bond motifs is 1. The van der Waals surface area contributed by atoms with Crippen molar-refractivity contribution in [1.29, 1.82) is 0 Å². The third kappa shape index (κ3) is 2.29. The quantitative estimate of drug-likeness (QED) is 0.479. The third-order valence-electron chi connectivity index (χ3n) is 4.01. The summed E-state index contributed by atoms with van der Waals surface area (Å²) in [5.41, 5.74) is 1.50. The van der Waals surface area contributed by atoms with Crippen molar-refractivity contribution in [3.63, 3.8) is 0 Å². The summed E-state index contributed by atoms with van der Waals surface area (Å²) in [7, 11) is 0. The van der Waals surface area contributed by atoms with Gasteiger partial charge in [-0.1, -0.05) is 12.2 Å². The maximum absolute atomic E-state index is 12.5. The minimum absolute atomic E-state index is 0.187. The minimum Gasteiger partial charge on any atom is -0.276 e. The van der Waals surface area contributed by atoms with Gasteiger partial charge in [0.25, 0.3) is 5.24 Å². The fourth-order valence-corrected chi connectivity index (χ4v) is 3.16. The van der Waals surface area contributed by atoms with E-state index in [0.29, 0.717) is 12.1 Å². The molecule has 3 rings (SSSR count). The number of anilines is 1. The number of imide groups is 1. The zero-order chi connectivity index (χ0) is 15.1. The summed E-state index contributed by atoms with van der Waals surface area (Å²) in [4.78, 5) is 37.5. The van der Waals surface area contributed by atoms with Gasteiger partial charge in [0, 0.05) is 5.56 Å². The topological polar surface area (TPSA) is 54.5 Å². The van der Waals surface area contributed by atoms with Crippen LogP contribution in [-0.4, -0.2) is 17.1 Å². The summed E-state index contributed by atoms with van der Waals surface area (Å²) in [6.45, 7) is 1.80. The predicted molar refractivity (Wildman–Crippen MR) is 79.2 cm³/mol. The Bertz CT molecular complexity index is 680. The maximum atomic E-state index is 12.5. The highest BCUT2D eigenvalue weighted by atomic mass is 35.5. The van der Waals surface area contributed by atoms with Crippen molar-refractivity contribution < 1.29 is 14.4 Å². The lowest BCUT2D eigenvalue weighted by molar-refractivity contribution is -0.122. The molecule has 1 fully saturated rings. The van der Waals surface area contributed by atoms with Crippen LogP contribution in [-0.2, 0) is 9.59 Å². The monoisotopic (exact) mass is 303 g/mol. The second-order valence-corrected chi connectivity index (χ2v) is 5.82. The number of benzene rings is 1. The molecule has 4 nitrogen and oxygen atoms in total. The molecule has 2 atom stereocenters. The highest BCUT2D eigenvalue weighted by Gasteiger charge is 2.47. The van der Waals surface area contributed by atoms with Gasteiger partial charge in [0.2, 0.25) is 11.8 Å². The zero-order valence-electron chi connectivity index (χ0n) is 11.5. The van der Waals surface area contributed by atoms with Crippen molar-refractivity contribution in [3.05, 3.63) is 41.5 Å². The van der Waals surface area contributed by atoms with E-state index in [4.69, 9.17) is 11.6 Å². The van der Waals surface area contributed by atoms with E-state index in [9.17, 15) is 14.4 Å². The second-order valence-electron chi connectivity index (χ2n) is 5.48. The van der Waals surface area contributed by atoms with Gasteiger partial charge in [-0.25, -0.2) is 4.90 Å². The molecule has 0 aromatic heterocycles. The fraction of sp³-hybridized carbons (Fsp3) is 0.312. The summed E-state index contributed by atoms with van der Waals surface area (Å²) in [5.74, 6) is -1.06. The Labute approximate surface area is 127 Å². The molecule has 2 aliphatic rings. The van der Waals surface area contributed by atoms with E-state index in [0.717, 1.165) is 12.0 Å². The summed E-state index contributed by atoms with van der Waals surface area (Å²) in [5, 5.41) is -0.601. The van der Waals surface area contributed by atoms with Crippen molar-refractivity contribution in [2.24, 2.45) is 11.8 Å². The average molecular weight is 304 g/mol. The van der Waals surface area contributed by atoms with Crippen LogP contribution in [0.25, 0.3) is 0 Å². The van der Waals surface area contributed by atoms with Gasteiger partial charge in [-0.15, -0.1) is 0 Å². The molecule has 1 heterocycles. The van der Waals surface area contributed by atoms with Crippen molar-refractivity contribution in [2.75, 3.05) is 4.90 Å². The molecule has 1 saturated heterocycles. The van der Waals surface area contributed by atoms with Crippen LogP contribution >= 0.6 is 11.6 Å². The molecule has 2 amide bonds. The molecule has 0 N–H and O–H groups in total. The smallest absolute Gasteiger partial charge is 0.252 e. The molecular formula is C16H14ClNO3. The first-order valence-corrected chi connectivity index (χ1v) is 7.23. The Balaban J connectivity index is 2.04. The van der Waals surface area contributed by atoms with Crippen molar-refractivity contribution in [2.45, 2.75) is 19.8 Å². The Morgan fingerprint density at radius 3 is 2.67 bits per heavy atom. The van der Waals surface area contributed by atoms with E-state index in [1.165, 1.54) is 11.0 Å². The molecular weight excluding hydrogens is 290 g/mol. The molecule has 1 aliphatic heterocycles. The summed E-state index contributed by atoms with van der Waals surface area (Å²) < 4.78 is 0. The highest BCUT2D eigenvalue weighted by Crippen LogP contribution is 2.37. The maximum Gasteiger partial charge on any atom is 0.252 e. The Kier molecular flexibility index (Phi) is 3.41. The van der Waals surface area contributed by atoms with Gasteiger partial charge in [-0.05, 0) is 55.1 Å². The highest BCUT2D eigenvalue weighted by molar-refractivity contribution is 6.67. The summed E-state index contributed by atoms with van der Waals surface area (Å²) >= 11 is 5.51. The molecule has 1 aromatic rings. The Morgan fingerprint density at radius 2 is 2.00 bits per heavy atom. The number of aryl methyl sites for hydroxylation is 1. The lowest BCUT2D eigenvalue weighted by atomic mass is 9.86. The van der Waals surface area contributed by atoms with Crippen LogP contribution in [0.3, 0.4) is 0 Å². The molecule has 108 valence electrons. The van der Waals surface area contributed by atoms with Crippen LogP contribution in [0.15, 0.2) is 30.4 Å². The van der Waals surface area contributed by atoms with E-state index in [-0.39, 0.29) is 29.2 Å². The van der Waals surface area contributed by atoms with Crippen LogP contribution in [0.1, 0.15) is 28.8 Å². The number of hydrogen-bond donors (Lipinski definition) is 0. The number of rotatable bonds is 2. The van der Waals surface area contributed by atoms with Crippen LogP contribution < -0.4 is 4.90 Å². The van der Waals surface area contributed by atoms with Crippen molar-refractivity contribution in [1.82, 2.24) is 0 Å². The van der Waals surface area contributed by atoms with Crippen molar-refractivity contribution >= 4 is 34.3 Å². The number of allylic oxidation sites excluding steroid dienone is 1. The predicted octanol–water partition coefficient (Wildman–Crippen LogP) is 2.83. The molecule has 5 heteroatoms. The first-order chi connectivity index (χ1) is 9.99. The summed E-state index contributed by atoms with van der Waals surface area (Å²) in [6.07, 6.45) is 5.26. The number of nitrogens with zero attached hydrogens (tertiary/aromatic N) is 1. The molecule has 0 bridgehead atoms. The number of halogens is 1. The van der Waals surface area contributed by atoms with Gasteiger partial charge in [0.05, 0.1) is 17.5 Å². The second kappa shape index (κ2) is 5.11. The van der Waals surface area contributed by atoms with E-state index in [2.05, 4.69) is 0 Å². The van der Waals surface area contributed by atoms with Crippen LogP contribution in [0.4, 0.5) is 5.69 Å². The number of hydrogen-bond acceptors (Lipinski definition) is 3. The average Bonchev–Trinajstić information content (AvgIpc) is 2.71. The van der Waals surface area contributed by atoms with Crippen LogP contribution in [0, 0.1) is 18.8 Å². The van der Waals surface area contributed by atoms with Crippen LogP contribution in [0.5, 0.6) is 0 Å². The Morgan fingerprint density at radius 1 is 1.24 bits per heavy atom. The first-order valence-electron chi connectivity index (χ1n) is 6.85. The fourth-order valence-electron chi connectivity index (χ4n) is 3.05. The molecule has 1 aromatic carbocycles. The standard InChI is InChI=1S/C16H14ClNO3/c1-9-6-10(14(17)19)8-11(7-9)18-15(20)12-4-2-3-5-13(12)16(18)21/h2,4,6-8,12-13H,3,5H2,1H3. The molecule has 0 saturated carbocycles. The third-order valence-corrected chi connectivity index (χ3v) is 4.23. The lowest BCUT2D eigenvalue weighted by Crippen LogP contribution is -2.31. The van der Waals surface area contributed by atoms with E-state index in [1.807, 2.05) is 12.2 Å². The number of carbonyl (C=O) groups is 3. The van der Waals surface area contributed by atoms with Gasteiger partial charge >= 0.3 is 0 Å². The van der Waals surface area contributed by atoms with Crippen molar-refractivity contribution in [3.8, 4) is 0 Å². The minimum atomic E-state index is -0.601. The van der Waals surface area contributed by atoms with E-state index >= 15 is 0 Å². The van der Waals surface area contributed by atoms with Gasteiger partial charge in [-0.2, -0.15) is 0 Å². The van der Waals surface area contributed by atoms with Crippen LogP contribution in [0.2, 0.25) is 0 Å². The largest absolute Gasteiger partial charge is 0.276 e. The first kappa shape index (κ1) is 14.0. The normalized spacial score (nSPS) is 24.4. The van der Waals surface area contributed by atoms with Gasteiger partial charge in [0.1, 0.15) is 0 Å². The lowest BCUT2D eigenvalue weighted by Gasteiger charge is -2.16. The molecule has 2 unspecified atom stereocenters. The number of amides is 2. The summed E-state index contributed by atoms with van der Waals surface area (Å²) in [6, 6.07) is 4.86. The van der Waals surface area contributed by atoms with E-state index < -0.39 is 5.24 Å².